The normalized spacial score (nSPS) is 12.4. The highest BCUT2D eigenvalue weighted by Gasteiger charge is 2.07. The van der Waals surface area contributed by atoms with Gasteiger partial charge in [-0.2, -0.15) is 0 Å². The molecule has 0 aliphatic rings. The molecule has 0 amide bonds. The molecule has 0 radical (unpaired) electrons. The third kappa shape index (κ3) is 5.52. The fourth-order valence-corrected chi connectivity index (χ4v) is 2.02. The first-order valence-electron chi connectivity index (χ1n) is 6.70. The van der Waals surface area contributed by atoms with E-state index in [9.17, 15) is 0 Å². The molecular formula is C15H25NO2. The number of nitrogens with two attached hydrogens (primary N) is 1. The van der Waals surface area contributed by atoms with Gasteiger partial charge in [-0.1, -0.05) is 12.1 Å². The minimum absolute atomic E-state index is 0.541. The Morgan fingerprint density at radius 2 is 1.94 bits per heavy atom. The fourth-order valence-electron chi connectivity index (χ4n) is 2.02. The van der Waals surface area contributed by atoms with E-state index in [4.69, 9.17) is 15.2 Å². The number of ether oxygens (including phenoxy) is 2. The quantitative estimate of drug-likeness (QED) is 0.686. The van der Waals surface area contributed by atoms with Gasteiger partial charge in [-0.25, -0.2) is 0 Å². The molecule has 0 heterocycles. The Balaban J connectivity index is 2.36. The number of benzene rings is 1. The fraction of sp³-hybridized carbons (Fsp3) is 0.600. The smallest absolute Gasteiger partial charge is 0.118 e. The minimum atomic E-state index is 0.541. The molecule has 3 nitrogen and oxygen atoms in total. The Hall–Kier alpha value is -1.06. The van der Waals surface area contributed by atoms with Crippen LogP contribution in [-0.4, -0.2) is 26.9 Å². The van der Waals surface area contributed by atoms with E-state index in [-0.39, 0.29) is 0 Å². The van der Waals surface area contributed by atoms with Gasteiger partial charge in [-0.3, -0.25) is 0 Å². The first-order chi connectivity index (χ1) is 8.80. The molecule has 2 N–H and O–H groups in total. The summed E-state index contributed by atoms with van der Waals surface area (Å²) in [6.45, 7) is 4.40. The maximum absolute atomic E-state index is 5.83. The van der Waals surface area contributed by atoms with Crippen molar-refractivity contribution in [2.24, 2.45) is 11.7 Å². The van der Waals surface area contributed by atoms with Crippen LogP contribution in [-0.2, 0) is 11.2 Å². The van der Waals surface area contributed by atoms with Crippen LogP contribution in [0.3, 0.4) is 0 Å². The maximum atomic E-state index is 5.83. The van der Waals surface area contributed by atoms with Crippen molar-refractivity contribution in [3.63, 3.8) is 0 Å². The van der Waals surface area contributed by atoms with Crippen LogP contribution in [0.5, 0.6) is 5.75 Å². The molecule has 0 fully saturated rings. The first-order valence-corrected chi connectivity index (χ1v) is 6.70. The molecule has 0 saturated carbocycles. The van der Waals surface area contributed by atoms with Crippen molar-refractivity contribution in [2.75, 3.05) is 26.9 Å². The van der Waals surface area contributed by atoms with Gasteiger partial charge < -0.3 is 15.2 Å². The standard InChI is InChI=1S/C15H25NO2/c1-3-18-10-4-5-14(12-16)11-13-6-8-15(17-2)9-7-13/h6-9,14H,3-5,10-12,16H2,1-2H3. The zero-order valence-electron chi connectivity index (χ0n) is 11.5. The van der Waals surface area contributed by atoms with E-state index in [1.807, 2.05) is 19.1 Å². The Morgan fingerprint density at radius 1 is 1.22 bits per heavy atom. The van der Waals surface area contributed by atoms with E-state index >= 15 is 0 Å². The van der Waals surface area contributed by atoms with E-state index in [0.717, 1.165) is 44.8 Å². The zero-order chi connectivity index (χ0) is 13.2. The number of hydrogen-bond donors (Lipinski definition) is 1. The molecule has 102 valence electrons. The van der Waals surface area contributed by atoms with Crippen LogP contribution in [0, 0.1) is 5.92 Å². The summed E-state index contributed by atoms with van der Waals surface area (Å²) < 4.78 is 10.5. The maximum Gasteiger partial charge on any atom is 0.118 e. The van der Waals surface area contributed by atoms with E-state index in [1.54, 1.807) is 7.11 Å². The van der Waals surface area contributed by atoms with Gasteiger partial charge >= 0.3 is 0 Å². The second-order valence-corrected chi connectivity index (χ2v) is 4.49. The third-order valence-electron chi connectivity index (χ3n) is 3.12. The lowest BCUT2D eigenvalue weighted by atomic mass is 9.95. The zero-order valence-corrected chi connectivity index (χ0v) is 11.5. The summed E-state index contributed by atoms with van der Waals surface area (Å²) in [6, 6.07) is 8.24. The SMILES string of the molecule is CCOCCCC(CN)Cc1ccc(OC)cc1. The van der Waals surface area contributed by atoms with Crippen LogP contribution >= 0.6 is 0 Å². The molecular weight excluding hydrogens is 226 g/mol. The van der Waals surface area contributed by atoms with Gasteiger partial charge in [0.1, 0.15) is 5.75 Å². The molecule has 0 aromatic heterocycles. The largest absolute Gasteiger partial charge is 0.497 e. The predicted molar refractivity (Wildman–Crippen MR) is 75.0 cm³/mol. The average Bonchev–Trinajstić information content (AvgIpc) is 2.43. The van der Waals surface area contributed by atoms with Crippen molar-refractivity contribution in [3.8, 4) is 5.75 Å². The molecule has 18 heavy (non-hydrogen) atoms. The average molecular weight is 251 g/mol. The number of hydrogen-bond acceptors (Lipinski definition) is 3. The highest BCUT2D eigenvalue weighted by molar-refractivity contribution is 5.27. The Labute approximate surface area is 110 Å². The van der Waals surface area contributed by atoms with Crippen molar-refractivity contribution in [3.05, 3.63) is 29.8 Å². The summed E-state index contributed by atoms with van der Waals surface area (Å²) >= 11 is 0. The second-order valence-electron chi connectivity index (χ2n) is 4.49. The van der Waals surface area contributed by atoms with Crippen LogP contribution in [0.1, 0.15) is 25.3 Å². The molecule has 0 bridgehead atoms. The summed E-state index contributed by atoms with van der Waals surface area (Å²) in [4.78, 5) is 0. The van der Waals surface area contributed by atoms with Gasteiger partial charge in [0, 0.05) is 13.2 Å². The lowest BCUT2D eigenvalue weighted by molar-refractivity contribution is 0.139. The Kier molecular flexibility index (Phi) is 7.46. The van der Waals surface area contributed by atoms with Gasteiger partial charge in [0.25, 0.3) is 0 Å². The minimum Gasteiger partial charge on any atom is -0.497 e. The summed E-state index contributed by atoms with van der Waals surface area (Å²) in [6.07, 6.45) is 3.25. The monoisotopic (exact) mass is 251 g/mol. The molecule has 0 saturated heterocycles. The summed E-state index contributed by atoms with van der Waals surface area (Å²) in [5.74, 6) is 1.44. The molecule has 1 unspecified atom stereocenters. The van der Waals surface area contributed by atoms with Gasteiger partial charge in [0.05, 0.1) is 7.11 Å². The highest BCUT2D eigenvalue weighted by Crippen LogP contribution is 2.17. The van der Waals surface area contributed by atoms with Crippen molar-refractivity contribution in [1.29, 1.82) is 0 Å². The van der Waals surface area contributed by atoms with Gasteiger partial charge in [0.2, 0.25) is 0 Å². The number of rotatable bonds is 9. The topological polar surface area (TPSA) is 44.5 Å². The number of methoxy groups -OCH3 is 1. The molecule has 0 spiro atoms. The molecule has 0 aliphatic heterocycles. The van der Waals surface area contributed by atoms with Crippen molar-refractivity contribution in [2.45, 2.75) is 26.2 Å². The van der Waals surface area contributed by atoms with Crippen LogP contribution in [0.4, 0.5) is 0 Å². The highest BCUT2D eigenvalue weighted by atomic mass is 16.5. The molecule has 1 aromatic rings. The summed E-state index contributed by atoms with van der Waals surface area (Å²) in [5, 5.41) is 0. The van der Waals surface area contributed by atoms with Gasteiger partial charge in [-0.05, 0) is 56.3 Å². The summed E-state index contributed by atoms with van der Waals surface area (Å²) in [5.41, 5.74) is 7.15. The van der Waals surface area contributed by atoms with Crippen molar-refractivity contribution >= 4 is 0 Å². The molecule has 3 heteroatoms. The van der Waals surface area contributed by atoms with Gasteiger partial charge in [0.15, 0.2) is 0 Å². The second kappa shape index (κ2) is 8.95. The van der Waals surface area contributed by atoms with E-state index in [2.05, 4.69) is 12.1 Å². The lowest BCUT2D eigenvalue weighted by Gasteiger charge is -2.15. The predicted octanol–water partition coefficient (Wildman–Crippen LogP) is 2.63. The molecule has 0 aliphatic carbocycles. The third-order valence-corrected chi connectivity index (χ3v) is 3.12. The van der Waals surface area contributed by atoms with Crippen LogP contribution in [0.25, 0.3) is 0 Å². The first kappa shape index (κ1) is 15.0. The summed E-state index contributed by atoms with van der Waals surface area (Å²) in [7, 11) is 1.69. The van der Waals surface area contributed by atoms with Crippen molar-refractivity contribution < 1.29 is 9.47 Å². The van der Waals surface area contributed by atoms with Crippen LogP contribution < -0.4 is 10.5 Å². The van der Waals surface area contributed by atoms with E-state index < -0.39 is 0 Å². The molecule has 1 atom stereocenters. The van der Waals surface area contributed by atoms with Crippen LogP contribution in [0.15, 0.2) is 24.3 Å². The Morgan fingerprint density at radius 3 is 2.50 bits per heavy atom. The van der Waals surface area contributed by atoms with Crippen LogP contribution in [0.2, 0.25) is 0 Å². The lowest BCUT2D eigenvalue weighted by Crippen LogP contribution is -2.17. The van der Waals surface area contributed by atoms with E-state index in [0.29, 0.717) is 5.92 Å². The van der Waals surface area contributed by atoms with Crippen molar-refractivity contribution in [1.82, 2.24) is 0 Å². The molecule has 1 aromatic carbocycles. The van der Waals surface area contributed by atoms with Gasteiger partial charge in [-0.15, -0.1) is 0 Å². The van der Waals surface area contributed by atoms with E-state index in [1.165, 1.54) is 5.56 Å². The Bertz CT molecular complexity index is 311. The molecule has 1 rings (SSSR count).